The van der Waals surface area contributed by atoms with E-state index in [-0.39, 0.29) is 0 Å². The van der Waals surface area contributed by atoms with Crippen molar-refractivity contribution in [3.05, 3.63) is 58.1 Å². The van der Waals surface area contributed by atoms with E-state index in [0.717, 1.165) is 15.7 Å². The molecule has 0 atom stereocenters. The predicted molar refractivity (Wildman–Crippen MR) is 80.9 cm³/mol. The van der Waals surface area contributed by atoms with Gasteiger partial charge in [0, 0.05) is 16.7 Å². The van der Waals surface area contributed by atoms with Gasteiger partial charge in [0.05, 0.1) is 11.3 Å². The maximum Gasteiger partial charge on any atom is 0.296 e. The highest BCUT2D eigenvalue weighted by atomic mass is 79.9. The van der Waals surface area contributed by atoms with E-state index in [4.69, 9.17) is 0 Å². The largest absolute Gasteiger partial charge is 0.381 e. The van der Waals surface area contributed by atoms with Crippen molar-refractivity contribution in [3.63, 3.8) is 0 Å². The zero-order valence-corrected chi connectivity index (χ0v) is 12.0. The van der Waals surface area contributed by atoms with Crippen LogP contribution >= 0.6 is 15.9 Å². The summed E-state index contributed by atoms with van der Waals surface area (Å²) in [5.41, 5.74) is 2.83. The van der Waals surface area contributed by atoms with Gasteiger partial charge in [-0.15, -0.1) is 0 Å². The van der Waals surface area contributed by atoms with Gasteiger partial charge in [0.2, 0.25) is 0 Å². The highest BCUT2D eigenvalue weighted by Gasteiger charge is 2.29. The van der Waals surface area contributed by atoms with Gasteiger partial charge in [-0.2, -0.15) is 0 Å². The van der Waals surface area contributed by atoms with Crippen LogP contribution in [0.5, 0.6) is 0 Å². The average Bonchev–Trinajstić information content (AvgIpc) is 2.74. The Labute approximate surface area is 124 Å². The number of amides is 1. The van der Waals surface area contributed by atoms with Gasteiger partial charge in [-0.1, -0.05) is 28.1 Å². The Morgan fingerprint density at radius 1 is 1.05 bits per heavy atom. The van der Waals surface area contributed by atoms with Gasteiger partial charge in [-0.05, 0) is 35.9 Å². The van der Waals surface area contributed by atoms with Crippen molar-refractivity contribution < 1.29 is 9.59 Å². The van der Waals surface area contributed by atoms with Crippen LogP contribution in [0.1, 0.15) is 15.9 Å². The van der Waals surface area contributed by atoms with E-state index in [9.17, 15) is 9.59 Å². The van der Waals surface area contributed by atoms with Crippen LogP contribution in [0.25, 0.3) is 0 Å². The number of rotatable bonds is 3. The third-order valence-electron chi connectivity index (χ3n) is 3.16. The van der Waals surface area contributed by atoms with Crippen LogP contribution in [-0.2, 0) is 11.3 Å². The van der Waals surface area contributed by atoms with Gasteiger partial charge < -0.3 is 10.6 Å². The molecule has 3 rings (SSSR count). The summed E-state index contributed by atoms with van der Waals surface area (Å²) in [5.74, 6) is -1.02. The van der Waals surface area contributed by atoms with Crippen molar-refractivity contribution >= 4 is 39.0 Å². The lowest BCUT2D eigenvalue weighted by Gasteiger charge is -2.09. The summed E-state index contributed by atoms with van der Waals surface area (Å²) in [6.45, 7) is 0.492. The van der Waals surface area contributed by atoms with Crippen LogP contribution in [0, 0.1) is 0 Å². The van der Waals surface area contributed by atoms with Gasteiger partial charge in [-0.3, -0.25) is 9.59 Å². The molecule has 1 amide bonds. The third-order valence-corrected chi connectivity index (χ3v) is 3.69. The molecule has 2 N–H and O–H groups in total. The quantitative estimate of drug-likeness (QED) is 0.849. The number of nitrogens with one attached hydrogen (secondary N) is 2. The third kappa shape index (κ3) is 2.32. The van der Waals surface area contributed by atoms with Crippen LogP contribution in [0.4, 0.5) is 11.4 Å². The average molecular weight is 331 g/mol. The minimum Gasteiger partial charge on any atom is -0.381 e. The van der Waals surface area contributed by atoms with Crippen molar-refractivity contribution in [1.82, 2.24) is 0 Å². The molecule has 0 unspecified atom stereocenters. The second-order valence-electron chi connectivity index (χ2n) is 4.48. The monoisotopic (exact) mass is 330 g/mol. The first-order valence-corrected chi connectivity index (χ1v) is 6.91. The first-order chi connectivity index (χ1) is 9.65. The molecule has 0 aromatic heterocycles. The maximum atomic E-state index is 11.8. The molecule has 0 spiro atoms. The topological polar surface area (TPSA) is 58.2 Å². The molecule has 1 aliphatic rings. The number of Topliss-reactive ketones (excluding diaryl/α,β-unsaturated/α-hetero) is 1. The van der Waals surface area contributed by atoms with Crippen molar-refractivity contribution in [1.29, 1.82) is 0 Å². The molecule has 2 aromatic carbocycles. The SMILES string of the molecule is O=C1Nc2cccc(CNc3ccc(Br)cc3)c2C1=O. The minimum absolute atomic E-state index is 0.465. The molecular formula is C15H11BrN2O2. The second kappa shape index (κ2) is 5.09. The summed E-state index contributed by atoms with van der Waals surface area (Å²) in [4.78, 5) is 23.2. The Hall–Kier alpha value is -2.14. The number of benzene rings is 2. The number of fused-ring (bicyclic) bond motifs is 1. The number of halogens is 1. The molecule has 4 nitrogen and oxygen atoms in total. The number of carbonyl (C=O) groups is 2. The van der Waals surface area contributed by atoms with Gasteiger partial charge in [0.1, 0.15) is 0 Å². The number of carbonyl (C=O) groups excluding carboxylic acids is 2. The predicted octanol–water partition coefficient (Wildman–Crippen LogP) is 3.20. The van der Waals surface area contributed by atoms with E-state index in [1.165, 1.54) is 0 Å². The first-order valence-electron chi connectivity index (χ1n) is 6.12. The molecule has 0 saturated heterocycles. The Morgan fingerprint density at radius 3 is 2.55 bits per heavy atom. The summed E-state index contributed by atoms with van der Waals surface area (Å²) >= 11 is 3.38. The van der Waals surface area contributed by atoms with Crippen LogP contribution < -0.4 is 10.6 Å². The fraction of sp³-hybridized carbons (Fsp3) is 0.0667. The van der Waals surface area contributed by atoms with Crippen molar-refractivity contribution in [2.75, 3.05) is 10.6 Å². The normalized spacial score (nSPS) is 13.1. The minimum atomic E-state index is -0.559. The number of ketones is 1. The van der Waals surface area contributed by atoms with Gasteiger partial charge in [0.15, 0.2) is 0 Å². The standard InChI is InChI=1S/C15H11BrN2O2/c16-10-4-6-11(7-5-10)17-8-9-2-1-3-12-13(9)14(19)15(20)18-12/h1-7,17H,8H2,(H,18,19,20). The molecule has 2 aromatic rings. The molecule has 0 fully saturated rings. The molecule has 5 heteroatoms. The van der Waals surface area contributed by atoms with E-state index in [1.54, 1.807) is 6.07 Å². The van der Waals surface area contributed by atoms with Crippen LogP contribution in [0.2, 0.25) is 0 Å². The lowest BCUT2D eigenvalue weighted by atomic mass is 10.0. The van der Waals surface area contributed by atoms with E-state index >= 15 is 0 Å². The summed E-state index contributed by atoms with van der Waals surface area (Å²) in [6.07, 6.45) is 0. The molecule has 0 aliphatic carbocycles. The summed E-state index contributed by atoms with van der Waals surface area (Å²) in [7, 11) is 0. The highest BCUT2D eigenvalue weighted by Crippen LogP contribution is 2.27. The van der Waals surface area contributed by atoms with Crippen molar-refractivity contribution in [2.24, 2.45) is 0 Å². The van der Waals surface area contributed by atoms with Gasteiger partial charge in [0.25, 0.3) is 11.7 Å². The first kappa shape index (κ1) is 12.9. The Kier molecular flexibility index (Phi) is 3.28. The number of hydrogen-bond acceptors (Lipinski definition) is 3. The Morgan fingerprint density at radius 2 is 1.80 bits per heavy atom. The van der Waals surface area contributed by atoms with Crippen molar-refractivity contribution in [2.45, 2.75) is 6.54 Å². The summed E-state index contributed by atoms with van der Waals surface area (Å²) < 4.78 is 1.01. The molecule has 20 heavy (non-hydrogen) atoms. The molecule has 100 valence electrons. The smallest absolute Gasteiger partial charge is 0.296 e. The van der Waals surface area contributed by atoms with Crippen molar-refractivity contribution in [3.8, 4) is 0 Å². The van der Waals surface area contributed by atoms with Gasteiger partial charge >= 0.3 is 0 Å². The van der Waals surface area contributed by atoms with E-state index in [0.29, 0.717) is 17.8 Å². The second-order valence-corrected chi connectivity index (χ2v) is 5.40. The fourth-order valence-electron chi connectivity index (χ4n) is 2.18. The van der Waals surface area contributed by atoms with E-state index in [2.05, 4.69) is 26.6 Å². The molecule has 0 bridgehead atoms. The number of anilines is 2. The zero-order valence-electron chi connectivity index (χ0n) is 10.4. The maximum absolute atomic E-state index is 11.8. The number of hydrogen-bond donors (Lipinski definition) is 2. The van der Waals surface area contributed by atoms with Gasteiger partial charge in [-0.25, -0.2) is 0 Å². The molecule has 0 saturated carbocycles. The van der Waals surface area contributed by atoms with Crippen LogP contribution in [-0.4, -0.2) is 11.7 Å². The molecule has 0 radical (unpaired) electrons. The van der Waals surface area contributed by atoms with E-state index < -0.39 is 11.7 Å². The Balaban J connectivity index is 1.83. The summed E-state index contributed by atoms with van der Waals surface area (Å²) in [5, 5.41) is 5.81. The highest BCUT2D eigenvalue weighted by molar-refractivity contribution is 9.10. The molecule has 1 aliphatic heterocycles. The lowest BCUT2D eigenvalue weighted by molar-refractivity contribution is -0.112. The van der Waals surface area contributed by atoms with Crippen LogP contribution in [0.3, 0.4) is 0 Å². The molecular weight excluding hydrogens is 320 g/mol. The summed E-state index contributed by atoms with van der Waals surface area (Å²) in [6, 6.07) is 13.2. The fourth-order valence-corrected chi connectivity index (χ4v) is 2.44. The Bertz CT molecular complexity index is 696. The van der Waals surface area contributed by atoms with E-state index in [1.807, 2.05) is 36.4 Å². The molecule has 1 heterocycles. The zero-order chi connectivity index (χ0) is 14.1. The van der Waals surface area contributed by atoms with Crippen LogP contribution in [0.15, 0.2) is 46.9 Å². The lowest BCUT2D eigenvalue weighted by Crippen LogP contribution is -2.13.